The first kappa shape index (κ1) is 15.9. The number of nitrogens with one attached hydrogen (secondary N) is 1. The fraction of sp³-hybridized carbons (Fsp3) is 0.200. The number of hydrogen-bond acceptors (Lipinski definition) is 4. The van der Waals surface area contributed by atoms with Gasteiger partial charge < -0.3 is 5.11 Å². The largest absolute Gasteiger partial charge is 0.507 e. The van der Waals surface area contributed by atoms with Crippen LogP contribution in [0.3, 0.4) is 0 Å². The standard InChI is InChI=1S/C15H17NO3S2/c1-2-11-16-21(18,19)13-9-7-12(8-10-13)20-15-6-4-3-5-14(15)17/h3-10,16-17H,2,11H2,1H3. The summed E-state index contributed by atoms with van der Waals surface area (Å²) in [6, 6.07) is 13.6. The van der Waals surface area contributed by atoms with Gasteiger partial charge in [-0.2, -0.15) is 0 Å². The summed E-state index contributed by atoms with van der Waals surface area (Å²) in [4.78, 5) is 1.85. The first-order valence-electron chi connectivity index (χ1n) is 6.58. The predicted molar refractivity (Wildman–Crippen MR) is 84.2 cm³/mol. The average molecular weight is 323 g/mol. The molecule has 6 heteroatoms. The summed E-state index contributed by atoms with van der Waals surface area (Å²) < 4.78 is 26.4. The summed E-state index contributed by atoms with van der Waals surface area (Å²) in [5.74, 6) is 0.212. The molecule has 0 amide bonds. The third-order valence-corrected chi connectivity index (χ3v) is 5.32. The highest BCUT2D eigenvalue weighted by atomic mass is 32.2. The van der Waals surface area contributed by atoms with Crippen LogP contribution in [0.4, 0.5) is 0 Å². The molecule has 0 aliphatic heterocycles. The molecular formula is C15H17NO3S2. The molecule has 0 aromatic heterocycles. The van der Waals surface area contributed by atoms with Crippen molar-refractivity contribution in [3.05, 3.63) is 48.5 Å². The van der Waals surface area contributed by atoms with E-state index in [1.807, 2.05) is 19.1 Å². The molecule has 0 atom stereocenters. The molecule has 0 radical (unpaired) electrons. The zero-order valence-corrected chi connectivity index (χ0v) is 13.2. The highest BCUT2D eigenvalue weighted by Crippen LogP contribution is 2.34. The summed E-state index contributed by atoms with van der Waals surface area (Å²) >= 11 is 1.39. The van der Waals surface area contributed by atoms with Gasteiger partial charge >= 0.3 is 0 Å². The fourth-order valence-electron chi connectivity index (χ4n) is 1.68. The second-order valence-corrected chi connectivity index (χ2v) is 7.32. The van der Waals surface area contributed by atoms with Crippen LogP contribution in [-0.2, 0) is 10.0 Å². The van der Waals surface area contributed by atoms with E-state index in [0.717, 1.165) is 16.2 Å². The van der Waals surface area contributed by atoms with Crippen LogP contribution in [-0.4, -0.2) is 20.1 Å². The Hall–Kier alpha value is -1.50. The van der Waals surface area contributed by atoms with Crippen LogP contribution in [0.5, 0.6) is 5.75 Å². The van der Waals surface area contributed by atoms with Gasteiger partial charge in [-0.15, -0.1) is 0 Å². The first-order valence-corrected chi connectivity index (χ1v) is 8.88. The minimum Gasteiger partial charge on any atom is -0.507 e. The van der Waals surface area contributed by atoms with Crippen molar-refractivity contribution >= 4 is 21.8 Å². The highest BCUT2D eigenvalue weighted by Gasteiger charge is 2.12. The maximum atomic E-state index is 12.0. The van der Waals surface area contributed by atoms with E-state index in [4.69, 9.17) is 0 Å². The lowest BCUT2D eigenvalue weighted by Crippen LogP contribution is -2.24. The van der Waals surface area contributed by atoms with Gasteiger partial charge in [-0.1, -0.05) is 30.8 Å². The number of aromatic hydroxyl groups is 1. The molecule has 2 rings (SSSR count). The van der Waals surface area contributed by atoms with E-state index in [1.165, 1.54) is 11.8 Å². The predicted octanol–water partition coefficient (Wildman–Crippen LogP) is 3.23. The fourth-order valence-corrected chi connectivity index (χ4v) is 3.66. The Labute approximate surface area is 129 Å². The maximum absolute atomic E-state index is 12.0. The summed E-state index contributed by atoms with van der Waals surface area (Å²) in [5.41, 5.74) is 0. The van der Waals surface area contributed by atoms with Gasteiger partial charge in [-0.25, -0.2) is 13.1 Å². The second kappa shape index (κ2) is 6.98. The van der Waals surface area contributed by atoms with E-state index in [1.54, 1.807) is 36.4 Å². The number of sulfonamides is 1. The number of benzene rings is 2. The molecule has 0 heterocycles. The van der Waals surface area contributed by atoms with E-state index in [0.29, 0.717) is 6.54 Å². The second-order valence-electron chi connectivity index (χ2n) is 4.44. The first-order chi connectivity index (χ1) is 10.0. The SMILES string of the molecule is CCCNS(=O)(=O)c1ccc(Sc2ccccc2O)cc1. The number of para-hydroxylation sites is 1. The monoisotopic (exact) mass is 323 g/mol. The van der Waals surface area contributed by atoms with Gasteiger partial charge in [-0.05, 0) is 42.8 Å². The molecule has 0 aliphatic carbocycles. The molecule has 0 spiro atoms. The molecule has 2 aromatic rings. The van der Waals surface area contributed by atoms with Gasteiger partial charge in [0, 0.05) is 11.4 Å². The van der Waals surface area contributed by atoms with Crippen LogP contribution < -0.4 is 4.72 Å². The van der Waals surface area contributed by atoms with E-state index in [-0.39, 0.29) is 10.6 Å². The molecule has 0 saturated carbocycles. The Morgan fingerprint density at radius 1 is 1.10 bits per heavy atom. The van der Waals surface area contributed by atoms with Crippen molar-refractivity contribution in [1.29, 1.82) is 0 Å². The van der Waals surface area contributed by atoms with Crippen molar-refractivity contribution in [3.63, 3.8) is 0 Å². The zero-order chi connectivity index (χ0) is 15.3. The lowest BCUT2D eigenvalue weighted by atomic mass is 10.3. The normalized spacial score (nSPS) is 11.5. The molecular weight excluding hydrogens is 306 g/mol. The van der Waals surface area contributed by atoms with Crippen LogP contribution in [0.2, 0.25) is 0 Å². The molecule has 21 heavy (non-hydrogen) atoms. The Balaban J connectivity index is 2.14. The highest BCUT2D eigenvalue weighted by molar-refractivity contribution is 7.99. The topological polar surface area (TPSA) is 66.4 Å². The summed E-state index contributed by atoms with van der Waals surface area (Å²) in [6.07, 6.45) is 0.750. The number of phenolic OH excluding ortho intramolecular Hbond substituents is 1. The summed E-state index contributed by atoms with van der Waals surface area (Å²) in [5, 5.41) is 9.73. The van der Waals surface area contributed by atoms with E-state index in [9.17, 15) is 13.5 Å². The Morgan fingerprint density at radius 2 is 1.76 bits per heavy atom. The van der Waals surface area contributed by atoms with Gasteiger partial charge in [0.05, 0.1) is 9.79 Å². The number of hydrogen-bond donors (Lipinski definition) is 2. The number of rotatable bonds is 6. The smallest absolute Gasteiger partial charge is 0.240 e. The summed E-state index contributed by atoms with van der Waals surface area (Å²) in [6.45, 7) is 2.34. The molecule has 0 fully saturated rings. The number of phenols is 1. The lowest BCUT2D eigenvalue weighted by molar-refractivity contribution is 0.462. The zero-order valence-electron chi connectivity index (χ0n) is 11.6. The minimum absolute atomic E-state index is 0.212. The van der Waals surface area contributed by atoms with Crippen molar-refractivity contribution in [3.8, 4) is 5.75 Å². The Bertz CT molecular complexity index is 697. The molecule has 0 aliphatic rings. The molecule has 2 aromatic carbocycles. The molecule has 0 saturated heterocycles. The van der Waals surface area contributed by atoms with Crippen LogP contribution in [0.25, 0.3) is 0 Å². The van der Waals surface area contributed by atoms with Crippen LogP contribution in [0.1, 0.15) is 13.3 Å². The van der Waals surface area contributed by atoms with Gasteiger partial charge in [0.1, 0.15) is 5.75 Å². The van der Waals surface area contributed by atoms with Crippen LogP contribution >= 0.6 is 11.8 Å². The van der Waals surface area contributed by atoms with Crippen LogP contribution in [0, 0.1) is 0 Å². The molecule has 4 nitrogen and oxygen atoms in total. The third-order valence-electron chi connectivity index (χ3n) is 2.77. The Morgan fingerprint density at radius 3 is 2.38 bits per heavy atom. The van der Waals surface area contributed by atoms with Crippen molar-refractivity contribution in [2.24, 2.45) is 0 Å². The molecule has 112 valence electrons. The minimum atomic E-state index is -3.43. The molecule has 2 N–H and O–H groups in total. The summed E-state index contributed by atoms with van der Waals surface area (Å²) in [7, 11) is -3.43. The van der Waals surface area contributed by atoms with Gasteiger partial charge in [0.2, 0.25) is 10.0 Å². The molecule has 0 unspecified atom stereocenters. The van der Waals surface area contributed by atoms with Crippen molar-refractivity contribution in [1.82, 2.24) is 4.72 Å². The van der Waals surface area contributed by atoms with Crippen molar-refractivity contribution in [2.45, 2.75) is 28.0 Å². The van der Waals surface area contributed by atoms with Gasteiger partial charge in [0.15, 0.2) is 0 Å². The van der Waals surface area contributed by atoms with Gasteiger partial charge in [0.25, 0.3) is 0 Å². The average Bonchev–Trinajstić information content (AvgIpc) is 2.48. The van der Waals surface area contributed by atoms with E-state index < -0.39 is 10.0 Å². The third kappa shape index (κ3) is 4.23. The van der Waals surface area contributed by atoms with E-state index in [2.05, 4.69) is 4.72 Å². The van der Waals surface area contributed by atoms with Gasteiger partial charge in [-0.3, -0.25) is 0 Å². The molecule has 0 bridgehead atoms. The van der Waals surface area contributed by atoms with E-state index >= 15 is 0 Å². The maximum Gasteiger partial charge on any atom is 0.240 e. The van der Waals surface area contributed by atoms with Crippen molar-refractivity contribution in [2.75, 3.05) is 6.54 Å². The Kier molecular flexibility index (Phi) is 5.27. The lowest BCUT2D eigenvalue weighted by Gasteiger charge is -2.07. The van der Waals surface area contributed by atoms with Crippen molar-refractivity contribution < 1.29 is 13.5 Å². The quantitative estimate of drug-likeness (QED) is 0.856. The van der Waals surface area contributed by atoms with Crippen LogP contribution in [0.15, 0.2) is 63.2 Å².